The normalized spacial score (nSPS) is 11.3. The Bertz CT molecular complexity index is 4460. The van der Waals surface area contributed by atoms with E-state index in [4.69, 9.17) is 23.1 Å². The maximum atomic E-state index is 13.1. The van der Waals surface area contributed by atoms with Gasteiger partial charge in [-0.05, 0) is 194 Å². The fraction of sp³-hybridized carbons (Fsp3) is 0.211. The fourth-order valence-corrected chi connectivity index (χ4v) is 10.2. The number of cyclic esters (lactones) is 1. The number of aryl methyl sites for hydroxylation is 2. The van der Waals surface area contributed by atoms with Crippen molar-refractivity contribution in [2.75, 3.05) is 20.5 Å². The van der Waals surface area contributed by atoms with Gasteiger partial charge < -0.3 is 33.3 Å². The maximum absolute atomic E-state index is 13.1. The summed E-state index contributed by atoms with van der Waals surface area (Å²) in [5.41, 5.74) is 11.0. The van der Waals surface area contributed by atoms with Crippen LogP contribution in [0.4, 0.5) is 17.6 Å². The van der Waals surface area contributed by atoms with E-state index in [1.54, 1.807) is 119 Å². The van der Waals surface area contributed by atoms with E-state index in [1.807, 2.05) is 18.2 Å². The number of esters is 4. The van der Waals surface area contributed by atoms with Gasteiger partial charge in [0.2, 0.25) is 0 Å². The molecule has 482 valence electrons. The number of pyridine rings is 4. The molecule has 0 radical (unpaired) electrons. The minimum atomic E-state index is -3.90. The number of carbonyl (C=O) groups is 4. The van der Waals surface area contributed by atoms with Crippen LogP contribution in [0, 0.1) is 37.1 Å². The summed E-state index contributed by atoms with van der Waals surface area (Å²) in [7, 11) is -1.42. The third kappa shape index (κ3) is 18.8. The largest absolute Gasteiger partial charge is 0.505 e. The number of aromatic hydroxyl groups is 1. The van der Waals surface area contributed by atoms with E-state index in [0.29, 0.717) is 65.6 Å². The number of methoxy groups -OCH3 is 2. The number of nitrogens with zero attached hydrogens (tertiary/aromatic N) is 4. The van der Waals surface area contributed by atoms with Crippen LogP contribution < -0.4 is 4.18 Å². The van der Waals surface area contributed by atoms with Gasteiger partial charge in [0.1, 0.15) is 52.0 Å². The van der Waals surface area contributed by atoms with Gasteiger partial charge in [-0.2, -0.15) is 8.42 Å². The molecule has 5 heterocycles. The van der Waals surface area contributed by atoms with Crippen molar-refractivity contribution >= 4 is 55.8 Å². The van der Waals surface area contributed by atoms with Gasteiger partial charge in [-0.1, -0.05) is 56.0 Å². The Morgan fingerprint density at radius 2 is 0.957 bits per heavy atom. The summed E-state index contributed by atoms with van der Waals surface area (Å²) in [6.45, 7) is 6.88. The van der Waals surface area contributed by atoms with E-state index in [2.05, 4.69) is 19.9 Å². The van der Waals surface area contributed by atoms with Crippen LogP contribution in [0.1, 0.15) is 130 Å². The molecule has 22 heteroatoms. The summed E-state index contributed by atoms with van der Waals surface area (Å²) in [6.07, 6.45) is 9.40. The zero-order valence-electron chi connectivity index (χ0n) is 50.9. The highest BCUT2D eigenvalue weighted by Crippen LogP contribution is 2.35. The zero-order valence-corrected chi connectivity index (χ0v) is 51.7. The molecule has 0 amide bonds. The molecule has 10 aromatic rings. The van der Waals surface area contributed by atoms with E-state index in [0.717, 1.165) is 61.7 Å². The molecule has 2 N–H and O–H groups in total. The van der Waals surface area contributed by atoms with Crippen molar-refractivity contribution in [3.05, 3.63) is 271 Å². The number of aromatic nitrogens is 4. The third-order valence-corrected chi connectivity index (χ3v) is 14.5. The molecular formula is C71H66F4N4O13S. The van der Waals surface area contributed by atoms with Gasteiger partial charge >= 0.3 is 34.0 Å². The van der Waals surface area contributed by atoms with Crippen molar-refractivity contribution in [2.45, 2.75) is 80.1 Å². The Balaban J connectivity index is 0.000000177. The summed E-state index contributed by atoms with van der Waals surface area (Å²) in [5.74, 6) is -3.66. The van der Waals surface area contributed by atoms with Crippen LogP contribution in [0.15, 0.2) is 158 Å². The first-order chi connectivity index (χ1) is 43.9. The number of hydrogen-bond donors (Lipinski definition) is 2. The topological polar surface area (TPSA) is 241 Å². The molecule has 1 aliphatic heterocycles. The number of benzene rings is 6. The molecule has 4 aromatic heterocycles. The minimum Gasteiger partial charge on any atom is -0.505 e. The predicted molar refractivity (Wildman–Crippen MR) is 340 cm³/mol. The number of phenolic OH excluding ortho intramolecular Hbond substituents is 1. The SMILES string of the molecule is C.CC(C)OC(=O)c1ncc(Cc2ccc(F)cc2)cc1CO.COC(=O)c1c(C)cc2cc(Cc3ccc(F)cc3)cnc2c1O.COC(=O)c1c(C)cc2cc(Cc3ccc(F)cc3)cnc2c1OS(C)(=O)=O.O=C1OCc2cc(Cc3ccc(F)cc3)cnc21. The van der Waals surface area contributed by atoms with E-state index in [1.165, 1.54) is 62.8 Å². The lowest BCUT2D eigenvalue weighted by Gasteiger charge is -2.14. The second-order valence-electron chi connectivity index (χ2n) is 21.5. The lowest BCUT2D eigenvalue weighted by molar-refractivity contribution is 0.0365. The molecule has 17 nitrogen and oxygen atoms in total. The maximum Gasteiger partial charge on any atom is 0.357 e. The Kier molecular flexibility index (Phi) is 23.7. The summed E-state index contributed by atoms with van der Waals surface area (Å²) in [5, 5.41) is 21.1. The quantitative estimate of drug-likeness (QED) is 0.0419. The monoisotopic (exact) mass is 1290 g/mol. The molecular weight excluding hydrogens is 1220 g/mol. The number of aliphatic hydroxyl groups is 1. The highest BCUT2D eigenvalue weighted by molar-refractivity contribution is 7.86. The smallest absolute Gasteiger partial charge is 0.357 e. The van der Waals surface area contributed by atoms with Crippen molar-refractivity contribution in [1.29, 1.82) is 0 Å². The highest BCUT2D eigenvalue weighted by Gasteiger charge is 2.26. The average Bonchev–Trinajstić information content (AvgIpc) is 1.32. The third-order valence-electron chi connectivity index (χ3n) is 14.0. The number of fused-ring (bicyclic) bond motifs is 3. The first-order valence-corrected chi connectivity index (χ1v) is 30.2. The molecule has 0 saturated carbocycles. The Morgan fingerprint density at radius 1 is 0.559 bits per heavy atom. The fourth-order valence-electron chi connectivity index (χ4n) is 9.76. The van der Waals surface area contributed by atoms with Crippen LogP contribution in [-0.2, 0) is 68.0 Å². The number of phenols is 1. The second kappa shape index (κ2) is 31.5. The number of halogens is 4. The zero-order chi connectivity index (χ0) is 66.4. The molecule has 11 rings (SSSR count). The van der Waals surface area contributed by atoms with Crippen molar-refractivity contribution < 1.29 is 78.5 Å². The van der Waals surface area contributed by atoms with E-state index in [-0.39, 0.29) is 83.2 Å². The predicted octanol–water partition coefficient (Wildman–Crippen LogP) is 13.2. The molecule has 0 saturated heterocycles. The molecule has 0 fully saturated rings. The highest BCUT2D eigenvalue weighted by atomic mass is 32.2. The molecule has 0 bridgehead atoms. The van der Waals surface area contributed by atoms with E-state index >= 15 is 0 Å². The van der Waals surface area contributed by atoms with Crippen molar-refractivity contribution in [1.82, 2.24) is 19.9 Å². The minimum absolute atomic E-state index is 0. The summed E-state index contributed by atoms with van der Waals surface area (Å²) < 4.78 is 99.7. The molecule has 0 spiro atoms. The van der Waals surface area contributed by atoms with E-state index < -0.39 is 28.0 Å². The first kappa shape index (κ1) is 70.0. The summed E-state index contributed by atoms with van der Waals surface area (Å²) in [6, 6.07) is 35.8. The van der Waals surface area contributed by atoms with E-state index in [9.17, 15) is 55.4 Å². The lowest BCUT2D eigenvalue weighted by Crippen LogP contribution is -2.15. The van der Waals surface area contributed by atoms with Crippen LogP contribution in [0.25, 0.3) is 21.8 Å². The van der Waals surface area contributed by atoms with Crippen LogP contribution >= 0.6 is 0 Å². The number of ether oxygens (including phenoxy) is 4. The van der Waals surface area contributed by atoms with Gasteiger partial charge in [0.25, 0.3) is 0 Å². The Morgan fingerprint density at radius 3 is 1.40 bits per heavy atom. The van der Waals surface area contributed by atoms with Gasteiger partial charge in [0.05, 0.1) is 33.2 Å². The molecule has 0 unspecified atom stereocenters. The average molecular weight is 1290 g/mol. The van der Waals surface area contributed by atoms with Gasteiger partial charge in [-0.15, -0.1) is 0 Å². The van der Waals surface area contributed by atoms with Crippen molar-refractivity contribution in [2.24, 2.45) is 0 Å². The van der Waals surface area contributed by atoms with Crippen LogP contribution in [0.2, 0.25) is 0 Å². The second-order valence-corrected chi connectivity index (χ2v) is 23.1. The Hall–Kier alpha value is -10.5. The van der Waals surface area contributed by atoms with Crippen molar-refractivity contribution in [3.8, 4) is 11.5 Å². The molecule has 1 aliphatic rings. The van der Waals surface area contributed by atoms with Crippen molar-refractivity contribution in [3.63, 3.8) is 0 Å². The molecule has 93 heavy (non-hydrogen) atoms. The lowest BCUT2D eigenvalue weighted by atomic mass is 10.0. The number of hydrogen-bond acceptors (Lipinski definition) is 17. The van der Waals surface area contributed by atoms with Gasteiger partial charge in [-0.3, -0.25) is 9.97 Å². The van der Waals surface area contributed by atoms with Gasteiger partial charge in [-0.25, -0.2) is 46.7 Å². The summed E-state index contributed by atoms with van der Waals surface area (Å²) in [4.78, 5) is 63.9. The molecule has 6 aromatic carbocycles. The van der Waals surface area contributed by atoms with Crippen LogP contribution in [-0.4, -0.2) is 89.0 Å². The number of aliphatic hydroxyl groups excluding tert-OH is 1. The van der Waals surface area contributed by atoms with Gasteiger partial charge in [0, 0.05) is 46.7 Å². The van der Waals surface area contributed by atoms with Gasteiger partial charge in [0.15, 0.2) is 22.9 Å². The van der Waals surface area contributed by atoms with Crippen LogP contribution in [0.3, 0.4) is 0 Å². The summed E-state index contributed by atoms with van der Waals surface area (Å²) >= 11 is 0. The molecule has 0 aliphatic carbocycles. The first-order valence-electron chi connectivity index (χ1n) is 28.4. The van der Waals surface area contributed by atoms with Crippen LogP contribution in [0.5, 0.6) is 11.5 Å². The number of carbonyl (C=O) groups excluding carboxylic acids is 4. The Labute approximate surface area is 534 Å². The standard InChI is InChI=1S/C20H18FNO5S.C19H16FNO3.C17H18FNO3.C14H10FNO2.CH4/c1-12-8-15-10-14(9-13-4-6-16(21)7-5-13)11-22-18(15)19(27-28(3,24)25)17(12)20(23)26-2;1-11-7-14-9-13(8-12-3-5-15(20)6-4-12)10-21-17(14)18(22)16(11)19(23)24-2;1-11(2)22-17(21)16-14(10-20)8-13(9-19-16)7-12-3-5-15(18)6-4-12;15-12-3-1-9(2-4-12)5-10-6-11-8-18-14(17)13(11)16-7-10;/h4-8,10-11H,9H2,1-3H3;3-7,9-10,22H,8H2,1-2H3;3-6,8-9,11,20H,7,10H2,1-2H3;1-4,6-7H,5,8H2;1H4. The number of rotatable bonds is 15. The molecule has 0 atom stereocenters.